The highest BCUT2D eigenvalue weighted by Gasteiger charge is 2.66. The molecule has 4 heteroatoms. The monoisotopic (exact) mass is 311 g/mol. The number of aryl methyl sites for hydroxylation is 2. The van der Waals surface area contributed by atoms with E-state index in [-0.39, 0.29) is 0 Å². The van der Waals surface area contributed by atoms with Gasteiger partial charge in [0.05, 0.1) is 5.69 Å². The van der Waals surface area contributed by atoms with Crippen molar-refractivity contribution in [2.24, 2.45) is 23.8 Å². The fourth-order valence-corrected chi connectivity index (χ4v) is 4.27. The average Bonchev–Trinajstić information content (AvgIpc) is 2.65. The number of hydrogen-bond acceptors (Lipinski definition) is 2. The Balaban J connectivity index is 2.22. The zero-order valence-corrected chi connectivity index (χ0v) is 15.3. The second kappa shape index (κ2) is 5.58. The predicted octanol–water partition coefficient (Wildman–Crippen LogP) is 3.97. The van der Waals surface area contributed by atoms with Gasteiger partial charge in [0, 0.05) is 18.7 Å². The van der Waals surface area contributed by atoms with Crippen LogP contribution >= 0.6 is 11.6 Å². The Morgan fingerprint density at radius 3 is 2.24 bits per heavy atom. The van der Waals surface area contributed by atoms with Crippen molar-refractivity contribution >= 4 is 11.6 Å². The van der Waals surface area contributed by atoms with Crippen LogP contribution in [0.3, 0.4) is 0 Å². The molecule has 0 bridgehead atoms. The highest BCUT2D eigenvalue weighted by molar-refractivity contribution is 6.30. The third-order valence-electron chi connectivity index (χ3n) is 5.89. The molecule has 21 heavy (non-hydrogen) atoms. The second-order valence-corrected chi connectivity index (χ2v) is 8.02. The number of halogens is 1. The van der Waals surface area contributed by atoms with Crippen molar-refractivity contribution < 1.29 is 0 Å². The largest absolute Gasteiger partial charge is 0.313 e. The molecule has 1 fully saturated rings. The fourth-order valence-electron chi connectivity index (χ4n) is 4.02. The molecule has 0 radical (unpaired) electrons. The highest BCUT2D eigenvalue weighted by atomic mass is 35.5. The number of hydrogen-bond donors (Lipinski definition) is 1. The number of nitrogens with zero attached hydrogens (tertiary/aromatic N) is 2. The maximum atomic E-state index is 6.43. The Labute approximate surface area is 134 Å². The van der Waals surface area contributed by atoms with Crippen LogP contribution in [0.5, 0.6) is 0 Å². The Morgan fingerprint density at radius 1 is 1.29 bits per heavy atom. The minimum atomic E-state index is 0.376. The van der Waals surface area contributed by atoms with E-state index in [1.807, 2.05) is 7.05 Å². The summed E-state index contributed by atoms with van der Waals surface area (Å²) in [5.74, 6) is 0.673. The van der Waals surface area contributed by atoms with Gasteiger partial charge in [-0.1, -0.05) is 46.2 Å². The van der Waals surface area contributed by atoms with E-state index >= 15 is 0 Å². The molecule has 0 aromatic carbocycles. The van der Waals surface area contributed by atoms with Crippen LogP contribution in [0.15, 0.2) is 0 Å². The number of rotatable bonds is 6. The van der Waals surface area contributed by atoms with E-state index in [0.29, 0.717) is 22.8 Å². The van der Waals surface area contributed by atoms with Crippen LogP contribution in [0.2, 0.25) is 5.15 Å². The summed E-state index contributed by atoms with van der Waals surface area (Å²) in [4.78, 5) is 0. The van der Waals surface area contributed by atoms with Gasteiger partial charge in [-0.15, -0.1) is 0 Å². The second-order valence-electron chi connectivity index (χ2n) is 7.66. The van der Waals surface area contributed by atoms with Crippen LogP contribution in [0.4, 0.5) is 0 Å². The lowest BCUT2D eigenvalue weighted by Crippen LogP contribution is -2.36. The molecule has 0 amide bonds. The molecule has 1 aliphatic carbocycles. The van der Waals surface area contributed by atoms with Gasteiger partial charge >= 0.3 is 0 Å². The van der Waals surface area contributed by atoms with Crippen molar-refractivity contribution in [2.75, 3.05) is 6.54 Å². The quantitative estimate of drug-likeness (QED) is 0.861. The van der Waals surface area contributed by atoms with Crippen LogP contribution in [0.25, 0.3) is 0 Å². The van der Waals surface area contributed by atoms with Gasteiger partial charge in [0.25, 0.3) is 0 Å². The molecule has 0 saturated heterocycles. The maximum Gasteiger partial charge on any atom is 0.130 e. The average molecular weight is 312 g/mol. The van der Waals surface area contributed by atoms with Crippen LogP contribution in [-0.2, 0) is 13.5 Å². The highest BCUT2D eigenvalue weighted by Crippen LogP contribution is 2.69. The topological polar surface area (TPSA) is 29.9 Å². The third kappa shape index (κ3) is 2.75. The molecule has 1 N–H and O–H groups in total. The lowest BCUT2D eigenvalue weighted by Gasteiger charge is -2.21. The van der Waals surface area contributed by atoms with E-state index in [4.69, 9.17) is 11.6 Å². The molecular weight excluding hydrogens is 282 g/mol. The van der Waals surface area contributed by atoms with Gasteiger partial charge in [-0.2, -0.15) is 5.10 Å². The minimum Gasteiger partial charge on any atom is -0.313 e. The standard InChI is InChI=1S/C17H30ClN3/c1-8-9-19-13(14-16(3,4)17(14,5)6)10-12-11(2)20-21(7)15(12)18/h13-14,19H,8-10H2,1-7H3. The molecule has 1 aromatic heterocycles. The van der Waals surface area contributed by atoms with E-state index in [1.54, 1.807) is 4.68 Å². The van der Waals surface area contributed by atoms with Crippen LogP contribution < -0.4 is 5.32 Å². The summed E-state index contributed by atoms with van der Waals surface area (Å²) in [6, 6.07) is 0.468. The van der Waals surface area contributed by atoms with E-state index in [9.17, 15) is 0 Å². The lowest BCUT2D eigenvalue weighted by molar-refractivity contribution is 0.395. The molecule has 1 unspecified atom stereocenters. The number of aromatic nitrogens is 2. The summed E-state index contributed by atoms with van der Waals surface area (Å²) in [6.45, 7) is 14.9. The van der Waals surface area contributed by atoms with Crippen molar-refractivity contribution in [1.82, 2.24) is 15.1 Å². The van der Waals surface area contributed by atoms with E-state index in [0.717, 1.165) is 30.2 Å². The van der Waals surface area contributed by atoms with Gasteiger partial charge in [-0.25, -0.2) is 0 Å². The van der Waals surface area contributed by atoms with Crippen LogP contribution in [-0.4, -0.2) is 22.4 Å². The first-order valence-corrected chi connectivity index (χ1v) is 8.43. The molecule has 0 spiro atoms. The molecule has 1 aromatic rings. The van der Waals surface area contributed by atoms with Gasteiger partial charge < -0.3 is 5.32 Å². The molecule has 0 aliphatic heterocycles. The van der Waals surface area contributed by atoms with Gasteiger partial charge in [0.15, 0.2) is 0 Å². The molecular formula is C17H30ClN3. The van der Waals surface area contributed by atoms with Gasteiger partial charge in [-0.05, 0) is 43.1 Å². The first-order valence-electron chi connectivity index (χ1n) is 8.06. The Hall–Kier alpha value is -0.540. The lowest BCUT2D eigenvalue weighted by atomic mass is 9.97. The normalized spacial score (nSPS) is 21.5. The maximum absolute atomic E-state index is 6.43. The fraction of sp³-hybridized carbons (Fsp3) is 0.824. The van der Waals surface area contributed by atoms with E-state index < -0.39 is 0 Å². The molecule has 3 nitrogen and oxygen atoms in total. The predicted molar refractivity (Wildman–Crippen MR) is 89.8 cm³/mol. The Bertz CT molecular complexity index is 502. The zero-order chi connectivity index (χ0) is 16.0. The van der Waals surface area contributed by atoms with E-state index in [2.05, 4.69) is 52.0 Å². The first-order chi connectivity index (χ1) is 9.64. The summed E-state index contributed by atoms with van der Waals surface area (Å²) in [7, 11) is 1.91. The van der Waals surface area contributed by atoms with Gasteiger partial charge in [0.2, 0.25) is 0 Å². The summed E-state index contributed by atoms with van der Waals surface area (Å²) < 4.78 is 1.78. The van der Waals surface area contributed by atoms with Crippen molar-refractivity contribution in [3.8, 4) is 0 Å². The zero-order valence-electron chi connectivity index (χ0n) is 14.5. The summed E-state index contributed by atoms with van der Waals surface area (Å²) >= 11 is 6.43. The first kappa shape index (κ1) is 16.8. The summed E-state index contributed by atoms with van der Waals surface area (Å²) in [6.07, 6.45) is 2.12. The SMILES string of the molecule is CCCNC(Cc1c(C)nn(C)c1Cl)C1C(C)(C)C1(C)C. The molecule has 1 heterocycles. The van der Waals surface area contributed by atoms with Crippen molar-refractivity contribution in [3.63, 3.8) is 0 Å². The smallest absolute Gasteiger partial charge is 0.130 e. The third-order valence-corrected chi connectivity index (χ3v) is 6.36. The molecule has 1 saturated carbocycles. The molecule has 1 aliphatic rings. The van der Waals surface area contributed by atoms with Crippen molar-refractivity contribution in [1.29, 1.82) is 0 Å². The van der Waals surface area contributed by atoms with Gasteiger partial charge in [-0.3, -0.25) is 4.68 Å². The van der Waals surface area contributed by atoms with Crippen molar-refractivity contribution in [3.05, 3.63) is 16.4 Å². The van der Waals surface area contributed by atoms with Crippen LogP contribution in [0, 0.1) is 23.7 Å². The Morgan fingerprint density at radius 2 is 1.86 bits per heavy atom. The summed E-state index contributed by atoms with van der Waals surface area (Å²) in [5, 5.41) is 9.00. The summed E-state index contributed by atoms with van der Waals surface area (Å²) in [5.41, 5.74) is 3.01. The minimum absolute atomic E-state index is 0.376. The van der Waals surface area contributed by atoms with Crippen LogP contribution in [0.1, 0.15) is 52.3 Å². The van der Waals surface area contributed by atoms with Crippen molar-refractivity contribution in [2.45, 2.75) is 60.4 Å². The molecule has 2 rings (SSSR count). The Kier molecular flexibility index (Phi) is 4.47. The number of nitrogens with one attached hydrogen (secondary N) is 1. The van der Waals surface area contributed by atoms with Gasteiger partial charge in [0.1, 0.15) is 5.15 Å². The van der Waals surface area contributed by atoms with E-state index in [1.165, 1.54) is 5.56 Å². The molecule has 1 atom stereocenters. The molecule has 120 valence electrons.